The molecule has 0 spiro atoms. The fraction of sp³-hybridized carbons (Fsp3) is 0.273. The molecule has 0 radical (unpaired) electrons. The Kier molecular flexibility index (Phi) is 2.87. The van der Waals surface area contributed by atoms with Crippen molar-refractivity contribution in [2.75, 3.05) is 26.2 Å². The lowest BCUT2D eigenvalue weighted by Gasteiger charge is -2.20. The Morgan fingerprint density at radius 2 is 1.75 bits per heavy atom. The van der Waals surface area contributed by atoms with Crippen LogP contribution in [0.2, 0.25) is 0 Å². The Morgan fingerprint density at radius 3 is 2.38 bits per heavy atom. The van der Waals surface area contributed by atoms with Crippen LogP contribution in [-0.2, 0) is 0 Å². The second kappa shape index (κ2) is 4.32. The molecular formula is C11H14N4O. The molecule has 0 aliphatic heterocycles. The standard InChI is InChI=1S/C11H14N4O/c1-14(2)15(3)11-12-10(13-16-11)9-7-5-4-6-8-9/h4-8H,1-3H3. The van der Waals surface area contributed by atoms with Gasteiger partial charge < -0.3 is 4.52 Å². The average molecular weight is 218 g/mol. The zero-order valence-electron chi connectivity index (χ0n) is 9.58. The molecule has 1 aromatic carbocycles. The van der Waals surface area contributed by atoms with Crippen LogP contribution >= 0.6 is 0 Å². The highest BCUT2D eigenvalue weighted by Crippen LogP contribution is 2.18. The first kappa shape index (κ1) is 10.6. The topological polar surface area (TPSA) is 45.4 Å². The summed E-state index contributed by atoms with van der Waals surface area (Å²) in [6, 6.07) is 10.2. The van der Waals surface area contributed by atoms with Gasteiger partial charge >= 0.3 is 6.01 Å². The third-order valence-electron chi connectivity index (χ3n) is 2.32. The van der Waals surface area contributed by atoms with Crippen LogP contribution in [0.15, 0.2) is 34.9 Å². The lowest BCUT2D eigenvalue weighted by atomic mass is 10.2. The summed E-state index contributed by atoms with van der Waals surface area (Å²) in [4.78, 5) is 4.31. The first-order valence-electron chi connectivity index (χ1n) is 4.98. The summed E-state index contributed by atoms with van der Waals surface area (Å²) < 4.78 is 5.17. The van der Waals surface area contributed by atoms with Crippen molar-refractivity contribution >= 4 is 6.01 Å². The highest BCUT2D eigenvalue weighted by atomic mass is 16.5. The highest BCUT2D eigenvalue weighted by molar-refractivity contribution is 5.54. The van der Waals surface area contributed by atoms with Gasteiger partial charge in [0.15, 0.2) is 0 Å². The van der Waals surface area contributed by atoms with Crippen molar-refractivity contribution in [2.45, 2.75) is 0 Å². The van der Waals surface area contributed by atoms with E-state index < -0.39 is 0 Å². The molecule has 0 bridgehead atoms. The monoisotopic (exact) mass is 218 g/mol. The lowest BCUT2D eigenvalue weighted by Crippen LogP contribution is -2.33. The van der Waals surface area contributed by atoms with Gasteiger partial charge in [-0.25, -0.2) is 5.01 Å². The minimum atomic E-state index is 0.476. The van der Waals surface area contributed by atoms with Crippen LogP contribution in [0, 0.1) is 0 Å². The lowest BCUT2D eigenvalue weighted by molar-refractivity contribution is 0.330. The molecular weight excluding hydrogens is 204 g/mol. The molecule has 0 aliphatic rings. The molecule has 84 valence electrons. The van der Waals surface area contributed by atoms with Crippen molar-refractivity contribution in [3.05, 3.63) is 30.3 Å². The molecule has 0 N–H and O–H groups in total. The summed E-state index contributed by atoms with van der Waals surface area (Å²) in [5.74, 6) is 0.601. The quantitative estimate of drug-likeness (QED) is 0.733. The average Bonchev–Trinajstić information content (AvgIpc) is 2.78. The summed E-state index contributed by atoms with van der Waals surface area (Å²) in [6.07, 6.45) is 0. The normalized spacial score (nSPS) is 10.8. The van der Waals surface area contributed by atoms with E-state index in [0.717, 1.165) is 5.56 Å². The second-order valence-electron chi connectivity index (χ2n) is 3.64. The Labute approximate surface area is 94.3 Å². The van der Waals surface area contributed by atoms with E-state index in [1.165, 1.54) is 0 Å². The van der Waals surface area contributed by atoms with Gasteiger partial charge in [0, 0.05) is 26.7 Å². The molecule has 0 unspecified atom stereocenters. The Morgan fingerprint density at radius 1 is 1.06 bits per heavy atom. The van der Waals surface area contributed by atoms with E-state index in [9.17, 15) is 0 Å². The first-order chi connectivity index (χ1) is 7.68. The van der Waals surface area contributed by atoms with E-state index in [0.29, 0.717) is 11.8 Å². The van der Waals surface area contributed by atoms with E-state index in [2.05, 4.69) is 10.1 Å². The van der Waals surface area contributed by atoms with Gasteiger partial charge in [-0.3, -0.25) is 5.01 Å². The predicted octanol–water partition coefficient (Wildman–Crippen LogP) is 1.65. The zero-order valence-corrected chi connectivity index (χ0v) is 9.58. The fourth-order valence-corrected chi connectivity index (χ4v) is 1.22. The van der Waals surface area contributed by atoms with Crippen LogP contribution in [0.3, 0.4) is 0 Å². The summed E-state index contributed by atoms with van der Waals surface area (Å²) in [6.45, 7) is 0. The Bertz CT molecular complexity index is 452. The van der Waals surface area contributed by atoms with Crippen molar-refractivity contribution < 1.29 is 4.52 Å². The van der Waals surface area contributed by atoms with Crippen molar-refractivity contribution in [3.63, 3.8) is 0 Å². The van der Waals surface area contributed by atoms with Crippen LogP contribution < -0.4 is 5.01 Å². The molecule has 5 nitrogen and oxygen atoms in total. The van der Waals surface area contributed by atoms with E-state index in [1.54, 1.807) is 5.01 Å². The minimum Gasteiger partial charge on any atom is -0.313 e. The molecule has 16 heavy (non-hydrogen) atoms. The number of hydrogen-bond donors (Lipinski definition) is 0. The molecule has 0 aliphatic carbocycles. The minimum absolute atomic E-state index is 0.476. The van der Waals surface area contributed by atoms with Crippen LogP contribution in [0.4, 0.5) is 6.01 Å². The van der Waals surface area contributed by atoms with Crippen molar-refractivity contribution in [1.82, 2.24) is 15.1 Å². The third-order valence-corrected chi connectivity index (χ3v) is 2.32. The Balaban J connectivity index is 2.27. The Hall–Kier alpha value is -1.88. The van der Waals surface area contributed by atoms with Crippen LogP contribution in [0.5, 0.6) is 0 Å². The van der Waals surface area contributed by atoms with Crippen molar-refractivity contribution in [2.24, 2.45) is 0 Å². The molecule has 0 saturated heterocycles. The largest absolute Gasteiger partial charge is 0.338 e. The van der Waals surface area contributed by atoms with Gasteiger partial charge in [0.25, 0.3) is 0 Å². The summed E-state index contributed by atoms with van der Waals surface area (Å²) in [5, 5.41) is 7.58. The van der Waals surface area contributed by atoms with Gasteiger partial charge in [-0.2, -0.15) is 4.98 Å². The number of benzene rings is 1. The predicted molar refractivity (Wildman–Crippen MR) is 61.8 cm³/mol. The maximum absolute atomic E-state index is 5.17. The van der Waals surface area contributed by atoms with Crippen molar-refractivity contribution in [1.29, 1.82) is 0 Å². The van der Waals surface area contributed by atoms with Crippen LogP contribution in [0.1, 0.15) is 0 Å². The first-order valence-corrected chi connectivity index (χ1v) is 4.98. The summed E-state index contributed by atoms with van der Waals surface area (Å²) in [5.41, 5.74) is 0.949. The maximum atomic E-state index is 5.17. The van der Waals surface area contributed by atoms with Gasteiger partial charge in [0.1, 0.15) is 0 Å². The van der Waals surface area contributed by atoms with E-state index in [1.807, 2.05) is 56.5 Å². The molecule has 2 aromatic rings. The third kappa shape index (κ3) is 2.04. The number of nitrogens with zero attached hydrogens (tertiary/aromatic N) is 4. The van der Waals surface area contributed by atoms with E-state index >= 15 is 0 Å². The molecule has 1 heterocycles. The number of rotatable bonds is 3. The van der Waals surface area contributed by atoms with Crippen LogP contribution in [-0.4, -0.2) is 36.3 Å². The molecule has 2 rings (SSSR count). The molecule has 0 atom stereocenters. The SMILES string of the molecule is CN(C)N(C)c1nc(-c2ccccc2)no1. The fourth-order valence-electron chi connectivity index (χ4n) is 1.22. The van der Waals surface area contributed by atoms with E-state index in [4.69, 9.17) is 4.52 Å². The smallest absolute Gasteiger partial charge is 0.313 e. The van der Waals surface area contributed by atoms with Crippen molar-refractivity contribution in [3.8, 4) is 11.4 Å². The number of hydrogen-bond acceptors (Lipinski definition) is 5. The number of hydrazine groups is 1. The van der Waals surface area contributed by atoms with Gasteiger partial charge in [0.2, 0.25) is 5.82 Å². The van der Waals surface area contributed by atoms with Crippen LogP contribution in [0.25, 0.3) is 11.4 Å². The number of anilines is 1. The van der Waals surface area contributed by atoms with Gasteiger partial charge in [-0.1, -0.05) is 35.5 Å². The van der Waals surface area contributed by atoms with Gasteiger partial charge in [-0.15, -0.1) is 0 Å². The molecule has 0 fully saturated rings. The summed E-state index contributed by atoms with van der Waals surface area (Å²) in [7, 11) is 5.68. The molecule has 1 aromatic heterocycles. The molecule has 0 saturated carbocycles. The molecule has 0 amide bonds. The highest BCUT2D eigenvalue weighted by Gasteiger charge is 2.13. The van der Waals surface area contributed by atoms with E-state index in [-0.39, 0.29) is 0 Å². The van der Waals surface area contributed by atoms with Gasteiger partial charge in [-0.05, 0) is 0 Å². The maximum Gasteiger partial charge on any atom is 0.338 e. The van der Waals surface area contributed by atoms with Gasteiger partial charge in [0.05, 0.1) is 0 Å². The molecule has 5 heteroatoms. The number of aromatic nitrogens is 2. The summed E-state index contributed by atoms with van der Waals surface area (Å²) >= 11 is 0. The zero-order chi connectivity index (χ0) is 11.5. The second-order valence-corrected chi connectivity index (χ2v) is 3.64.